The van der Waals surface area contributed by atoms with E-state index < -0.39 is 0 Å². The van der Waals surface area contributed by atoms with Crippen LogP contribution in [-0.4, -0.2) is 24.3 Å². The number of rotatable bonds is 9. The second-order valence-electron chi connectivity index (χ2n) is 13.4. The zero-order valence-corrected chi connectivity index (χ0v) is 28.6. The topological polar surface area (TPSA) is 98.5 Å². The van der Waals surface area contributed by atoms with Gasteiger partial charge >= 0.3 is 5.97 Å². The zero-order valence-electron chi connectivity index (χ0n) is 28.6. The van der Waals surface area contributed by atoms with Crippen molar-refractivity contribution in [2.24, 2.45) is 11.7 Å². The van der Waals surface area contributed by atoms with Crippen LogP contribution in [0.5, 0.6) is 0 Å². The Bertz CT molecular complexity index is 2080. The predicted molar refractivity (Wildman–Crippen MR) is 198 cm³/mol. The van der Waals surface area contributed by atoms with Crippen LogP contribution < -0.4 is 11.1 Å². The molecule has 0 bridgehead atoms. The number of carbonyl (C=O) groups excluding carboxylic acids is 3. The van der Waals surface area contributed by atoms with Gasteiger partial charge in [-0.25, -0.2) is 0 Å². The molecule has 5 aromatic carbocycles. The third kappa shape index (κ3) is 6.16. The lowest BCUT2D eigenvalue weighted by Crippen LogP contribution is -2.28. The van der Waals surface area contributed by atoms with Crippen molar-refractivity contribution in [3.05, 3.63) is 148 Å². The number of amides is 1. The van der Waals surface area contributed by atoms with Crippen LogP contribution in [0.4, 0.5) is 5.69 Å². The molecule has 6 heteroatoms. The number of hydrogen-bond donors (Lipinski definition) is 2. The van der Waals surface area contributed by atoms with Gasteiger partial charge < -0.3 is 15.8 Å². The summed E-state index contributed by atoms with van der Waals surface area (Å²) in [5.41, 5.74) is 17.4. The number of nitrogens with two attached hydrogens (primary N) is 1. The monoisotopic (exact) mass is 662 g/mol. The number of carbonyl (C=O) groups is 3. The van der Waals surface area contributed by atoms with Crippen LogP contribution in [0, 0.1) is 5.92 Å². The molecule has 0 aromatic heterocycles. The van der Waals surface area contributed by atoms with Crippen molar-refractivity contribution in [2.45, 2.75) is 57.9 Å². The minimum Gasteiger partial charge on any atom is -0.466 e. The standard InChI is InChI=1S/C44H42N2O4/c1-3-50-44(49)27(2)32-17-10-18-37-36(32)23-24-38-33-13-6-4-11-29(33)25-40(41(37)38)42(47)28-19-21-31(22-20-28)46-43(48)39-16-9-8-15-35(39)34-14-7-5-12-30(34)26-45/h4-9,11-16,19-24,27,32,40H,3,10,17-18,25-26,45H2,1-2H3,(H,46,48). The van der Waals surface area contributed by atoms with E-state index in [1.165, 1.54) is 16.7 Å². The number of ether oxygens (including phenoxy) is 1. The highest BCUT2D eigenvalue weighted by Crippen LogP contribution is 2.48. The molecule has 0 aliphatic heterocycles. The van der Waals surface area contributed by atoms with Gasteiger partial charge in [-0.3, -0.25) is 14.4 Å². The summed E-state index contributed by atoms with van der Waals surface area (Å²) in [4.78, 5) is 40.9. The lowest BCUT2D eigenvalue weighted by atomic mass is 9.68. The Labute approximate surface area is 293 Å². The van der Waals surface area contributed by atoms with E-state index in [9.17, 15) is 14.4 Å². The first-order chi connectivity index (χ1) is 24.4. The molecule has 5 aromatic rings. The fourth-order valence-corrected chi connectivity index (χ4v) is 8.05. The summed E-state index contributed by atoms with van der Waals surface area (Å²) in [6.07, 6.45) is 3.35. The number of fused-ring (bicyclic) bond motifs is 5. The van der Waals surface area contributed by atoms with E-state index in [1.807, 2.05) is 80.6 Å². The van der Waals surface area contributed by atoms with Crippen LogP contribution in [0.1, 0.15) is 87.1 Å². The molecule has 0 fully saturated rings. The summed E-state index contributed by atoms with van der Waals surface area (Å²) in [7, 11) is 0. The molecule has 0 spiro atoms. The molecule has 3 atom stereocenters. The van der Waals surface area contributed by atoms with E-state index >= 15 is 0 Å². The van der Waals surface area contributed by atoms with Crippen molar-refractivity contribution < 1.29 is 19.1 Å². The first-order valence-corrected chi connectivity index (χ1v) is 17.6. The van der Waals surface area contributed by atoms with Gasteiger partial charge in [-0.05, 0) is 119 Å². The van der Waals surface area contributed by atoms with Gasteiger partial charge in [0.1, 0.15) is 0 Å². The second-order valence-corrected chi connectivity index (χ2v) is 13.4. The third-order valence-electron chi connectivity index (χ3n) is 10.5. The van der Waals surface area contributed by atoms with Gasteiger partial charge in [-0.2, -0.15) is 0 Å². The molecule has 3 unspecified atom stereocenters. The normalized spacial score (nSPS) is 16.7. The summed E-state index contributed by atoms with van der Waals surface area (Å²) < 4.78 is 5.42. The summed E-state index contributed by atoms with van der Waals surface area (Å²) >= 11 is 0. The van der Waals surface area contributed by atoms with E-state index in [1.54, 1.807) is 12.1 Å². The summed E-state index contributed by atoms with van der Waals surface area (Å²) in [6.45, 7) is 4.54. The number of nitrogens with one attached hydrogen (secondary N) is 1. The van der Waals surface area contributed by atoms with Crippen LogP contribution in [0.15, 0.2) is 109 Å². The quantitative estimate of drug-likeness (QED) is 0.121. The number of Topliss-reactive ketones (excluding diaryl/α,β-unsaturated/α-hetero) is 1. The van der Waals surface area contributed by atoms with Crippen LogP contribution >= 0.6 is 0 Å². The number of esters is 1. The van der Waals surface area contributed by atoms with Crippen molar-refractivity contribution in [3.8, 4) is 22.3 Å². The van der Waals surface area contributed by atoms with Crippen molar-refractivity contribution in [3.63, 3.8) is 0 Å². The van der Waals surface area contributed by atoms with Gasteiger partial charge in [0.15, 0.2) is 5.78 Å². The Hall–Kier alpha value is -5.33. The fraction of sp³-hybridized carbons (Fsp3) is 0.250. The second kappa shape index (κ2) is 14.3. The van der Waals surface area contributed by atoms with E-state index in [-0.39, 0.29) is 35.4 Å². The molecule has 6 nitrogen and oxygen atoms in total. The smallest absolute Gasteiger partial charge is 0.309 e. The van der Waals surface area contributed by atoms with Crippen LogP contribution in [0.2, 0.25) is 0 Å². The van der Waals surface area contributed by atoms with Gasteiger partial charge in [0, 0.05) is 23.4 Å². The Morgan fingerprint density at radius 3 is 2.28 bits per heavy atom. The maximum absolute atomic E-state index is 14.5. The van der Waals surface area contributed by atoms with E-state index in [0.29, 0.717) is 36.4 Å². The highest BCUT2D eigenvalue weighted by atomic mass is 16.5. The molecule has 3 N–H and O–H groups in total. The lowest BCUT2D eigenvalue weighted by Gasteiger charge is -2.36. The molecule has 2 aliphatic rings. The number of hydrogen-bond acceptors (Lipinski definition) is 5. The van der Waals surface area contributed by atoms with Gasteiger partial charge in [0.05, 0.1) is 18.4 Å². The highest BCUT2D eigenvalue weighted by Gasteiger charge is 2.37. The third-order valence-corrected chi connectivity index (χ3v) is 10.5. The highest BCUT2D eigenvalue weighted by molar-refractivity contribution is 6.09. The number of benzene rings is 5. The Balaban J connectivity index is 1.19. The summed E-state index contributed by atoms with van der Waals surface area (Å²) in [5, 5.41) is 3.04. The van der Waals surface area contributed by atoms with Gasteiger partial charge in [0.25, 0.3) is 5.91 Å². The molecule has 0 radical (unpaired) electrons. The lowest BCUT2D eigenvalue weighted by molar-refractivity contribution is -0.148. The Kier molecular flexibility index (Phi) is 9.46. The minimum absolute atomic E-state index is 0.0489. The van der Waals surface area contributed by atoms with Crippen LogP contribution in [0.25, 0.3) is 22.3 Å². The van der Waals surface area contributed by atoms with Crippen LogP contribution in [0.3, 0.4) is 0 Å². The average molecular weight is 663 g/mol. The van der Waals surface area contributed by atoms with Crippen molar-refractivity contribution in [2.75, 3.05) is 11.9 Å². The van der Waals surface area contributed by atoms with Crippen molar-refractivity contribution in [1.29, 1.82) is 0 Å². The number of anilines is 1. The van der Waals surface area contributed by atoms with E-state index in [0.717, 1.165) is 52.6 Å². The molecule has 7 rings (SSSR count). The molecule has 0 heterocycles. The molecule has 252 valence electrons. The van der Waals surface area contributed by atoms with Crippen molar-refractivity contribution >= 4 is 23.3 Å². The van der Waals surface area contributed by atoms with E-state index in [2.05, 4.69) is 35.6 Å². The van der Waals surface area contributed by atoms with Crippen molar-refractivity contribution in [1.82, 2.24) is 0 Å². The zero-order chi connectivity index (χ0) is 34.8. The van der Waals surface area contributed by atoms with E-state index in [4.69, 9.17) is 10.5 Å². The molecule has 50 heavy (non-hydrogen) atoms. The first-order valence-electron chi connectivity index (χ1n) is 17.6. The van der Waals surface area contributed by atoms with Gasteiger partial charge in [0.2, 0.25) is 0 Å². The molecule has 0 saturated heterocycles. The van der Waals surface area contributed by atoms with Gasteiger partial charge in [-0.15, -0.1) is 0 Å². The summed E-state index contributed by atoms with van der Waals surface area (Å²) in [5.74, 6) is -0.924. The predicted octanol–water partition coefficient (Wildman–Crippen LogP) is 8.87. The maximum atomic E-state index is 14.5. The first kappa shape index (κ1) is 33.2. The molecular weight excluding hydrogens is 620 g/mol. The molecule has 2 aliphatic carbocycles. The maximum Gasteiger partial charge on any atom is 0.309 e. The minimum atomic E-state index is -0.360. The fourth-order valence-electron chi connectivity index (χ4n) is 8.05. The van der Waals surface area contributed by atoms with Gasteiger partial charge in [-0.1, -0.05) is 85.8 Å². The molecule has 0 saturated carbocycles. The SMILES string of the molecule is CCOC(=O)C(C)C1CCCc2c1ccc1c2C(C(=O)c2ccc(NC(=O)c3ccccc3-c3ccccc3CN)cc2)Cc2ccccc2-1. The largest absolute Gasteiger partial charge is 0.466 e. The Morgan fingerprint density at radius 1 is 0.820 bits per heavy atom. The molecule has 1 amide bonds. The number of ketones is 1. The van der Waals surface area contributed by atoms with Crippen LogP contribution in [-0.2, 0) is 28.9 Å². The Morgan fingerprint density at radius 2 is 1.52 bits per heavy atom. The summed E-state index contributed by atoms with van der Waals surface area (Å²) in [6, 6.07) is 35.3. The average Bonchev–Trinajstić information content (AvgIpc) is 3.16. The molecular formula is C44H42N2O4.